The van der Waals surface area contributed by atoms with Crippen LogP contribution in [0.4, 0.5) is 11.4 Å². The zero-order valence-corrected chi connectivity index (χ0v) is 16.7. The third-order valence-corrected chi connectivity index (χ3v) is 6.02. The number of nitro groups is 1. The molecule has 1 fully saturated rings. The minimum absolute atomic E-state index is 0.155. The first kappa shape index (κ1) is 21.1. The van der Waals surface area contributed by atoms with Crippen molar-refractivity contribution < 1.29 is 22.9 Å². The fourth-order valence-electron chi connectivity index (χ4n) is 3.07. The van der Waals surface area contributed by atoms with Crippen LogP contribution in [0.1, 0.15) is 33.6 Å². The highest BCUT2D eigenvalue weighted by Crippen LogP contribution is 2.34. The molecule has 0 atom stereocenters. The Kier molecular flexibility index (Phi) is 6.10. The van der Waals surface area contributed by atoms with Crippen LogP contribution in [0.15, 0.2) is 23.1 Å². The second-order valence-corrected chi connectivity index (χ2v) is 9.23. The molecule has 0 aliphatic carbocycles. The molecule has 1 heterocycles. The maximum atomic E-state index is 12.5. The molecule has 0 radical (unpaired) electrons. The first-order chi connectivity index (χ1) is 12.4. The van der Waals surface area contributed by atoms with Crippen LogP contribution >= 0.6 is 0 Å². The van der Waals surface area contributed by atoms with Crippen molar-refractivity contribution in [3.05, 3.63) is 28.3 Å². The number of nitrogens with one attached hydrogen (secondary N) is 1. The number of esters is 1. The number of hydrogen-bond acceptors (Lipinski definition) is 7. The van der Waals surface area contributed by atoms with Crippen molar-refractivity contribution in [1.82, 2.24) is 4.72 Å². The third kappa shape index (κ3) is 5.16. The number of benzene rings is 1. The predicted octanol–water partition coefficient (Wildman–Crippen LogP) is 2.06. The largest absolute Gasteiger partial charge is 0.469 e. The van der Waals surface area contributed by atoms with E-state index in [0.717, 1.165) is 6.07 Å². The summed E-state index contributed by atoms with van der Waals surface area (Å²) in [7, 11) is -2.54. The van der Waals surface area contributed by atoms with Crippen LogP contribution in [0, 0.1) is 16.0 Å². The molecule has 0 bridgehead atoms. The highest BCUT2D eigenvalue weighted by Gasteiger charge is 2.30. The number of ether oxygens (including phenoxy) is 1. The molecule has 150 valence electrons. The van der Waals surface area contributed by atoms with E-state index < -0.39 is 20.5 Å². The van der Waals surface area contributed by atoms with E-state index in [9.17, 15) is 23.3 Å². The van der Waals surface area contributed by atoms with Crippen molar-refractivity contribution in [1.29, 1.82) is 0 Å². The van der Waals surface area contributed by atoms with Gasteiger partial charge in [0.05, 0.1) is 22.8 Å². The Morgan fingerprint density at radius 3 is 2.37 bits per heavy atom. The highest BCUT2D eigenvalue weighted by molar-refractivity contribution is 7.89. The Labute approximate surface area is 158 Å². The van der Waals surface area contributed by atoms with Crippen LogP contribution in [-0.2, 0) is 19.6 Å². The maximum absolute atomic E-state index is 12.5. The van der Waals surface area contributed by atoms with E-state index in [1.807, 2.05) is 0 Å². The molecule has 10 heteroatoms. The lowest BCUT2D eigenvalue weighted by Gasteiger charge is -2.32. The summed E-state index contributed by atoms with van der Waals surface area (Å²) in [6.45, 7) is 5.98. The summed E-state index contributed by atoms with van der Waals surface area (Å²) in [5.74, 6) is -0.500. The quantitative estimate of drug-likeness (QED) is 0.457. The van der Waals surface area contributed by atoms with Crippen LogP contribution in [0.5, 0.6) is 0 Å². The maximum Gasteiger partial charge on any atom is 0.308 e. The average molecular weight is 399 g/mol. The first-order valence-electron chi connectivity index (χ1n) is 8.60. The summed E-state index contributed by atoms with van der Waals surface area (Å²) in [5, 5.41) is 11.5. The molecule has 1 aliphatic rings. The Balaban J connectivity index is 2.30. The van der Waals surface area contributed by atoms with Crippen molar-refractivity contribution >= 4 is 27.4 Å². The molecule has 27 heavy (non-hydrogen) atoms. The molecule has 1 N–H and O–H groups in total. The van der Waals surface area contributed by atoms with Crippen molar-refractivity contribution in [3.8, 4) is 0 Å². The molecule has 0 unspecified atom stereocenters. The number of nitro benzene ring substituents is 1. The third-order valence-electron chi connectivity index (χ3n) is 4.26. The van der Waals surface area contributed by atoms with E-state index in [1.54, 1.807) is 25.7 Å². The van der Waals surface area contributed by atoms with Gasteiger partial charge in [-0.05, 0) is 45.7 Å². The fraction of sp³-hybridized carbons (Fsp3) is 0.588. The number of rotatable bonds is 5. The molecule has 0 aromatic heterocycles. The monoisotopic (exact) mass is 399 g/mol. The molecule has 1 aromatic rings. The van der Waals surface area contributed by atoms with E-state index >= 15 is 0 Å². The van der Waals surface area contributed by atoms with Gasteiger partial charge >= 0.3 is 5.97 Å². The van der Waals surface area contributed by atoms with E-state index in [0.29, 0.717) is 31.6 Å². The van der Waals surface area contributed by atoms with E-state index in [1.165, 1.54) is 19.2 Å². The van der Waals surface area contributed by atoms with Gasteiger partial charge in [0.15, 0.2) is 0 Å². The molecule has 9 nitrogen and oxygen atoms in total. The summed E-state index contributed by atoms with van der Waals surface area (Å²) in [4.78, 5) is 24.2. The molecule has 0 amide bonds. The van der Waals surface area contributed by atoms with Gasteiger partial charge in [-0.25, -0.2) is 13.1 Å². The Morgan fingerprint density at radius 1 is 1.30 bits per heavy atom. The van der Waals surface area contributed by atoms with Gasteiger partial charge in [0.2, 0.25) is 10.0 Å². The molecule has 1 saturated heterocycles. The minimum Gasteiger partial charge on any atom is -0.469 e. The fourth-order valence-corrected chi connectivity index (χ4v) is 4.51. The van der Waals surface area contributed by atoms with Crippen molar-refractivity contribution in [2.24, 2.45) is 5.92 Å². The number of nitrogens with zero attached hydrogens (tertiary/aromatic N) is 2. The SMILES string of the molecule is COC(=O)C1CCN(c2ccc(S(=O)(=O)NC(C)(C)C)cc2[N+](=O)[O-])CC1. The number of piperidine rings is 1. The smallest absolute Gasteiger partial charge is 0.308 e. The lowest BCUT2D eigenvalue weighted by atomic mass is 9.96. The van der Waals surface area contributed by atoms with Crippen LogP contribution in [0.2, 0.25) is 0 Å². The van der Waals surface area contributed by atoms with Crippen molar-refractivity contribution in [3.63, 3.8) is 0 Å². The predicted molar refractivity (Wildman–Crippen MR) is 100 cm³/mol. The van der Waals surface area contributed by atoms with E-state index in [4.69, 9.17) is 4.74 Å². The van der Waals surface area contributed by atoms with E-state index in [-0.39, 0.29) is 22.5 Å². The summed E-state index contributed by atoms with van der Waals surface area (Å²) in [5.41, 5.74) is -0.636. The number of hydrogen-bond donors (Lipinski definition) is 1. The molecule has 0 saturated carbocycles. The zero-order chi connectivity index (χ0) is 20.4. The Hall–Kier alpha value is -2.20. The lowest BCUT2D eigenvalue weighted by molar-refractivity contribution is -0.384. The van der Waals surface area contributed by atoms with Crippen LogP contribution in [0.25, 0.3) is 0 Å². The van der Waals surface area contributed by atoms with Gasteiger partial charge in [0, 0.05) is 24.7 Å². The zero-order valence-electron chi connectivity index (χ0n) is 15.9. The van der Waals surface area contributed by atoms with Gasteiger partial charge in [-0.3, -0.25) is 14.9 Å². The second kappa shape index (κ2) is 7.81. The van der Waals surface area contributed by atoms with Gasteiger partial charge in [-0.15, -0.1) is 0 Å². The molecule has 1 aliphatic heterocycles. The van der Waals surface area contributed by atoms with Crippen LogP contribution in [-0.4, -0.2) is 45.0 Å². The summed E-state index contributed by atoms with van der Waals surface area (Å²) in [6, 6.07) is 3.90. The van der Waals surface area contributed by atoms with Gasteiger partial charge in [0.25, 0.3) is 5.69 Å². The molecular weight excluding hydrogens is 374 g/mol. The Morgan fingerprint density at radius 2 is 1.89 bits per heavy atom. The molecule has 1 aromatic carbocycles. The number of anilines is 1. The normalized spacial score (nSPS) is 16.2. The minimum atomic E-state index is -3.88. The van der Waals surface area contributed by atoms with E-state index in [2.05, 4.69) is 4.72 Å². The molecular formula is C17H25N3O6S. The molecule has 2 rings (SSSR count). The van der Waals surface area contributed by atoms with Gasteiger partial charge in [-0.2, -0.15) is 0 Å². The lowest BCUT2D eigenvalue weighted by Crippen LogP contribution is -2.40. The second-order valence-electron chi connectivity index (χ2n) is 7.55. The number of methoxy groups -OCH3 is 1. The van der Waals surface area contributed by atoms with Crippen LogP contribution < -0.4 is 9.62 Å². The number of carbonyl (C=O) groups excluding carboxylic acids is 1. The average Bonchev–Trinajstić information content (AvgIpc) is 2.58. The topological polar surface area (TPSA) is 119 Å². The van der Waals surface area contributed by atoms with Crippen molar-refractivity contribution in [2.45, 2.75) is 44.0 Å². The Bertz CT molecular complexity index is 824. The standard InChI is InChI=1S/C17H25N3O6S/c1-17(2,3)18-27(24,25)13-5-6-14(15(11-13)20(22)23)19-9-7-12(8-10-19)16(21)26-4/h5-6,11-12,18H,7-10H2,1-4H3. The summed E-state index contributed by atoms with van der Waals surface area (Å²) >= 11 is 0. The number of carbonyl (C=O) groups is 1. The first-order valence-corrected chi connectivity index (χ1v) is 10.1. The summed E-state index contributed by atoms with van der Waals surface area (Å²) in [6.07, 6.45) is 1.05. The number of sulfonamides is 1. The van der Waals surface area contributed by atoms with Crippen LogP contribution in [0.3, 0.4) is 0 Å². The van der Waals surface area contributed by atoms with Gasteiger partial charge in [0.1, 0.15) is 5.69 Å². The summed E-state index contributed by atoms with van der Waals surface area (Å²) < 4.78 is 32.2. The van der Waals surface area contributed by atoms with Crippen molar-refractivity contribution in [2.75, 3.05) is 25.1 Å². The highest BCUT2D eigenvalue weighted by atomic mass is 32.2. The van der Waals surface area contributed by atoms with Gasteiger partial charge < -0.3 is 9.64 Å². The molecule has 0 spiro atoms. The van der Waals surface area contributed by atoms with Gasteiger partial charge in [-0.1, -0.05) is 0 Å².